The van der Waals surface area contributed by atoms with Crippen molar-refractivity contribution in [1.29, 1.82) is 0 Å². The fourth-order valence-corrected chi connectivity index (χ4v) is 2.96. The first kappa shape index (κ1) is 17.7. The van der Waals surface area contributed by atoms with Gasteiger partial charge in [-0.25, -0.2) is 9.18 Å². The van der Waals surface area contributed by atoms with Crippen LogP contribution < -0.4 is 5.32 Å². The van der Waals surface area contributed by atoms with E-state index in [0.29, 0.717) is 17.5 Å². The van der Waals surface area contributed by atoms with Gasteiger partial charge < -0.3 is 14.6 Å². The van der Waals surface area contributed by atoms with Gasteiger partial charge in [-0.15, -0.1) is 0 Å². The highest BCUT2D eigenvalue weighted by Gasteiger charge is 2.24. The van der Waals surface area contributed by atoms with Crippen molar-refractivity contribution in [3.63, 3.8) is 0 Å². The van der Waals surface area contributed by atoms with Crippen molar-refractivity contribution in [2.24, 2.45) is 7.05 Å². The lowest BCUT2D eigenvalue weighted by atomic mass is 10.1. The van der Waals surface area contributed by atoms with Crippen LogP contribution in [0.5, 0.6) is 0 Å². The molecule has 0 saturated carbocycles. The highest BCUT2D eigenvalue weighted by molar-refractivity contribution is 6.00. The molecule has 1 amide bonds. The Bertz CT molecular complexity index is 950. The van der Waals surface area contributed by atoms with Crippen molar-refractivity contribution >= 4 is 22.8 Å². The second-order valence-electron chi connectivity index (χ2n) is 6.03. The summed E-state index contributed by atoms with van der Waals surface area (Å²) in [5, 5.41) is 3.34. The van der Waals surface area contributed by atoms with Crippen LogP contribution >= 0.6 is 0 Å². The number of nitrogens with zero attached hydrogens (tertiary/aromatic N) is 1. The Morgan fingerprint density at radius 3 is 2.58 bits per heavy atom. The molecule has 2 aromatic carbocycles. The van der Waals surface area contributed by atoms with Gasteiger partial charge in [-0.2, -0.15) is 0 Å². The van der Waals surface area contributed by atoms with Crippen molar-refractivity contribution in [1.82, 2.24) is 9.88 Å². The highest BCUT2D eigenvalue weighted by atomic mass is 19.1. The molecule has 3 rings (SSSR count). The zero-order chi connectivity index (χ0) is 18.7. The molecule has 0 aliphatic heterocycles. The summed E-state index contributed by atoms with van der Waals surface area (Å²) in [4.78, 5) is 24.8. The van der Waals surface area contributed by atoms with E-state index in [9.17, 15) is 14.0 Å². The van der Waals surface area contributed by atoms with Gasteiger partial charge in [0, 0.05) is 24.4 Å². The highest BCUT2D eigenvalue weighted by Crippen LogP contribution is 2.20. The molecule has 0 aliphatic rings. The average molecular weight is 354 g/mol. The normalized spacial score (nSPS) is 12.0. The Morgan fingerprint density at radius 1 is 1.15 bits per heavy atom. The smallest absolute Gasteiger partial charge is 0.328 e. The number of carbonyl (C=O) groups excluding carboxylic acids is 2. The third-order valence-electron chi connectivity index (χ3n) is 4.31. The zero-order valence-electron chi connectivity index (χ0n) is 14.5. The molecule has 0 fully saturated rings. The molecule has 0 spiro atoms. The van der Waals surface area contributed by atoms with Gasteiger partial charge >= 0.3 is 5.97 Å². The number of aryl methyl sites for hydroxylation is 1. The number of amides is 1. The first-order valence-corrected chi connectivity index (χ1v) is 8.17. The van der Waals surface area contributed by atoms with Crippen molar-refractivity contribution in [3.05, 3.63) is 71.7 Å². The van der Waals surface area contributed by atoms with Gasteiger partial charge in [0.2, 0.25) is 0 Å². The lowest BCUT2D eigenvalue weighted by molar-refractivity contribution is -0.142. The molecule has 0 radical (unpaired) electrons. The summed E-state index contributed by atoms with van der Waals surface area (Å²) < 4.78 is 19.9. The van der Waals surface area contributed by atoms with E-state index in [2.05, 4.69) is 5.32 Å². The minimum atomic E-state index is -0.815. The summed E-state index contributed by atoms with van der Waals surface area (Å²) in [5.74, 6) is -1.31. The number of carbonyl (C=O) groups is 2. The number of halogens is 1. The summed E-state index contributed by atoms with van der Waals surface area (Å²) in [6.45, 7) is 0. The number of rotatable bonds is 5. The van der Waals surface area contributed by atoms with E-state index in [1.807, 2.05) is 30.3 Å². The second kappa shape index (κ2) is 7.39. The standard InChI is InChI=1S/C20H19FN2O3/c1-23-17-9-8-15(21)11-14(17)12-18(23)19(24)22-16(20(25)26-2)10-13-6-4-3-5-7-13/h3-9,11-12,16H,10H2,1-2H3,(H,22,24)/t16-/m1/s1. The number of fused-ring (bicyclic) bond motifs is 1. The van der Waals surface area contributed by atoms with E-state index in [1.165, 1.54) is 19.2 Å². The largest absolute Gasteiger partial charge is 0.467 e. The molecule has 0 saturated heterocycles. The number of ether oxygens (including phenoxy) is 1. The van der Waals surface area contributed by atoms with Gasteiger partial charge in [0.1, 0.15) is 17.6 Å². The van der Waals surface area contributed by atoms with Gasteiger partial charge in [0.05, 0.1) is 7.11 Å². The first-order valence-electron chi connectivity index (χ1n) is 8.17. The van der Waals surface area contributed by atoms with Crippen LogP contribution in [0.15, 0.2) is 54.6 Å². The Morgan fingerprint density at radius 2 is 1.88 bits per heavy atom. The van der Waals surface area contributed by atoms with E-state index < -0.39 is 17.9 Å². The molecular formula is C20H19FN2O3. The molecular weight excluding hydrogens is 335 g/mol. The maximum Gasteiger partial charge on any atom is 0.328 e. The van der Waals surface area contributed by atoms with Crippen molar-refractivity contribution < 1.29 is 18.7 Å². The summed E-state index contributed by atoms with van der Waals surface area (Å²) in [7, 11) is 3.01. The molecule has 5 nitrogen and oxygen atoms in total. The van der Waals surface area contributed by atoms with E-state index in [1.54, 1.807) is 23.7 Å². The number of benzene rings is 2. The Balaban J connectivity index is 1.85. The van der Waals surface area contributed by atoms with Crippen LogP contribution in [-0.4, -0.2) is 29.6 Å². The van der Waals surface area contributed by atoms with Crippen LogP contribution in [0.2, 0.25) is 0 Å². The fourth-order valence-electron chi connectivity index (χ4n) is 2.96. The third-order valence-corrected chi connectivity index (χ3v) is 4.31. The van der Waals surface area contributed by atoms with Gasteiger partial charge in [-0.1, -0.05) is 30.3 Å². The van der Waals surface area contributed by atoms with E-state index in [0.717, 1.165) is 11.1 Å². The summed E-state index contributed by atoms with van der Waals surface area (Å²) in [6, 6.07) is 14.5. The number of hydrogen-bond acceptors (Lipinski definition) is 3. The Kier molecular flexibility index (Phi) is 5.02. The third kappa shape index (κ3) is 3.59. The topological polar surface area (TPSA) is 60.3 Å². The SMILES string of the molecule is COC(=O)[C@@H](Cc1ccccc1)NC(=O)c1cc2cc(F)ccc2n1C. The van der Waals surface area contributed by atoms with Crippen LogP contribution in [0, 0.1) is 5.82 Å². The zero-order valence-corrected chi connectivity index (χ0v) is 14.5. The van der Waals surface area contributed by atoms with Gasteiger partial charge in [0.15, 0.2) is 0 Å². The molecule has 0 unspecified atom stereocenters. The van der Waals surface area contributed by atoms with Crippen molar-refractivity contribution in [2.75, 3.05) is 7.11 Å². The second-order valence-corrected chi connectivity index (χ2v) is 6.03. The average Bonchev–Trinajstić information content (AvgIpc) is 2.97. The van der Waals surface area contributed by atoms with E-state index in [-0.39, 0.29) is 5.82 Å². The van der Waals surface area contributed by atoms with Crippen molar-refractivity contribution in [2.45, 2.75) is 12.5 Å². The maximum atomic E-state index is 13.4. The van der Waals surface area contributed by atoms with Crippen LogP contribution in [0.3, 0.4) is 0 Å². The number of esters is 1. The molecule has 1 N–H and O–H groups in total. The Hall–Kier alpha value is -3.15. The molecule has 3 aromatic rings. The molecule has 1 atom stereocenters. The number of nitrogens with one attached hydrogen (secondary N) is 1. The number of aromatic nitrogens is 1. The maximum absolute atomic E-state index is 13.4. The lowest BCUT2D eigenvalue weighted by Gasteiger charge is -2.17. The minimum Gasteiger partial charge on any atom is -0.467 e. The number of hydrogen-bond donors (Lipinski definition) is 1. The molecule has 0 aliphatic carbocycles. The Labute approximate surface area is 150 Å². The monoisotopic (exact) mass is 354 g/mol. The summed E-state index contributed by atoms with van der Waals surface area (Å²) in [6.07, 6.45) is 0.317. The van der Waals surface area contributed by atoms with Gasteiger partial charge in [-0.05, 0) is 29.8 Å². The van der Waals surface area contributed by atoms with Crippen molar-refractivity contribution in [3.8, 4) is 0 Å². The molecule has 1 heterocycles. The molecule has 1 aromatic heterocycles. The predicted octanol–water partition coefficient (Wildman–Crippen LogP) is 2.83. The lowest BCUT2D eigenvalue weighted by Crippen LogP contribution is -2.43. The fraction of sp³-hybridized carbons (Fsp3) is 0.200. The minimum absolute atomic E-state index is 0.317. The molecule has 26 heavy (non-hydrogen) atoms. The van der Waals surface area contributed by atoms with Crippen LogP contribution in [0.4, 0.5) is 4.39 Å². The number of methoxy groups -OCH3 is 1. The van der Waals surface area contributed by atoms with Crippen LogP contribution in [0.1, 0.15) is 16.1 Å². The molecule has 0 bridgehead atoms. The molecule has 6 heteroatoms. The van der Waals surface area contributed by atoms with Crippen LogP contribution in [-0.2, 0) is 23.0 Å². The van der Waals surface area contributed by atoms with Gasteiger partial charge in [-0.3, -0.25) is 4.79 Å². The first-order chi connectivity index (χ1) is 12.5. The van der Waals surface area contributed by atoms with E-state index in [4.69, 9.17) is 4.74 Å². The van der Waals surface area contributed by atoms with Gasteiger partial charge in [0.25, 0.3) is 5.91 Å². The van der Waals surface area contributed by atoms with E-state index >= 15 is 0 Å². The quantitative estimate of drug-likeness (QED) is 0.717. The summed E-state index contributed by atoms with van der Waals surface area (Å²) in [5.41, 5.74) is 1.98. The molecule has 134 valence electrons. The summed E-state index contributed by atoms with van der Waals surface area (Å²) >= 11 is 0. The van der Waals surface area contributed by atoms with Crippen LogP contribution in [0.25, 0.3) is 10.9 Å². The predicted molar refractivity (Wildman–Crippen MR) is 96.3 cm³/mol.